The number of H-pyrrole nitrogens is 1. The summed E-state index contributed by atoms with van der Waals surface area (Å²) in [5.41, 5.74) is 1.37. The summed E-state index contributed by atoms with van der Waals surface area (Å²) in [6, 6.07) is 11.3. The van der Waals surface area contributed by atoms with Crippen molar-refractivity contribution in [1.82, 2.24) is 20.5 Å². The summed E-state index contributed by atoms with van der Waals surface area (Å²) in [7, 11) is 0. The lowest BCUT2D eigenvalue weighted by Crippen LogP contribution is -2.27. The summed E-state index contributed by atoms with van der Waals surface area (Å²) >= 11 is 0. The zero-order valence-electron chi connectivity index (χ0n) is 10.5. The van der Waals surface area contributed by atoms with Crippen LogP contribution in [-0.4, -0.2) is 15.2 Å². The predicted octanol–water partition coefficient (Wildman–Crippen LogP) is 2.61. The zero-order valence-corrected chi connectivity index (χ0v) is 10.5. The molecular formula is C14H18N4. The molecule has 0 spiro atoms. The van der Waals surface area contributed by atoms with Gasteiger partial charge >= 0.3 is 0 Å². The third-order valence-electron chi connectivity index (χ3n) is 3.53. The maximum Gasteiger partial charge on any atom is 0.141 e. The molecule has 0 bridgehead atoms. The summed E-state index contributed by atoms with van der Waals surface area (Å²) in [4.78, 5) is 4.21. The van der Waals surface area contributed by atoms with Crippen molar-refractivity contribution in [2.75, 3.05) is 0 Å². The van der Waals surface area contributed by atoms with E-state index in [-0.39, 0.29) is 6.04 Å². The van der Waals surface area contributed by atoms with Crippen molar-refractivity contribution in [3.05, 3.63) is 48.0 Å². The molecule has 0 saturated heterocycles. The van der Waals surface area contributed by atoms with Gasteiger partial charge in [-0.1, -0.05) is 30.3 Å². The normalized spacial score (nSPS) is 18.5. The monoisotopic (exact) mass is 242 g/mol. The Bertz CT molecular complexity index is 476. The number of rotatable bonds is 5. The number of benzene rings is 1. The molecule has 1 heterocycles. The molecule has 0 aliphatic heterocycles. The smallest absolute Gasteiger partial charge is 0.141 e. The van der Waals surface area contributed by atoms with E-state index in [1.54, 1.807) is 6.33 Å². The second kappa shape index (κ2) is 4.90. The Morgan fingerprint density at radius 3 is 2.67 bits per heavy atom. The molecule has 0 radical (unpaired) electrons. The van der Waals surface area contributed by atoms with Crippen LogP contribution in [0.3, 0.4) is 0 Å². The summed E-state index contributed by atoms with van der Waals surface area (Å²) in [6.45, 7) is 2.12. The maximum atomic E-state index is 4.21. The van der Waals surface area contributed by atoms with Crippen molar-refractivity contribution in [1.29, 1.82) is 0 Å². The summed E-state index contributed by atoms with van der Waals surface area (Å²) in [5.74, 6) is 1.66. The molecule has 1 aromatic carbocycles. The van der Waals surface area contributed by atoms with Crippen LogP contribution in [0.15, 0.2) is 36.7 Å². The fourth-order valence-corrected chi connectivity index (χ4v) is 2.37. The van der Waals surface area contributed by atoms with Crippen molar-refractivity contribution >= 4 is 0 Å². The van der Waals surface area contributed by atoms with Gasteiger partial charge in [0.1, 0.15) is 12.2 Å². The lowest BCUT2D eigenvalue weighted by Gasteiger charge is -2.22. The van der Waals surface area contributed by atoms with E-state index < -0.39 is 0 Å². The molecule has 4 heteroatoms. The van der Waals surface area contributed by atoms with Crippen LogP contribution in [0.2, 0.25) is 0 Å². The first kappa shape index (κ1) is 11.4. The number of aromatic nitrogens is 3. The molecule has 2 aromatic rings. The van der Waals surface area contributed by atoms with Crippen LogP contribution < -0.4 is 5.32 Å². The number of nitrogens with one attached hydrogen (secondary N) is 2. The molecule has 3 rings (SSSR count). The molecule has 0 amide bonds. The van der Waals surface area contributed by atoms with Gasteiger partial charge in [0.25, 0.3) is 0 Å². The Morgan fingerprint density at radius 2 is 2.06 bits per heavy atom. The van der Waals surface area contributed by atoms with Crippen molar-refractivity contribution in [3.63, 3.8) is 0 Å². The molecule has 2 atom stereocenters. The molecule has 1 saturated carbocycles. The second-order valence-corrected chi connectivity index (χ2v) is 4.98. The van der Waals surface area contributed by atoms with Crippen LogP contribution in [0.5, 0.6) is 0 Å². The number of hydrogen-bond acceptors (Lipinski definition) is 3. The van der Waals surface area contributed by atoms with Gasteiger partial charge in [-0.3, -0.25) is 5.10 Å². The molecule has 2 unspecified atom stereocenters. The highest BCUT2D eigenvalue weighted by atomic mass is 15.2. The summed E-state index contributed by atoms with van der Waals surface area (Å²) < 4.78 is 0. The highest BCUT2D eigenvalue weighted by Gasteiger charge is 2.33. The van der Waals surface area contributed by atoms with Crippen LogP contribution in [-0.2, 0) is 0 Å². The fraction of sp³-hybridized carbons (Fsp3) is 0.429. The van der Waals surface area contributed by atoms with Crippen LogP contribution in [0.1, 0.15) is 43.2 Å². The largest absolute Gasteiger partial charge is 0.300 e. The highest BCUT2D eigenvalue weighted by Crippen LogP contribution is 2.41. The molecule has 1 fully saturated rings. The Labute approximate surface area is 107 Å². The Balaban J connectivity index is 1.75. The minimum atomic E-state index is 0.193. The lowest BCUT2D eigenvalue weighted by molar-refractivity contribution is 0.417. The summed E-state index contributed by atoms with van der Waals surface area (Å²) in [5, 5.41) is 10.5. The molecule has 1 aliphatic carbocycles. The van der Waals surface area contributed by atoms with E-state index in [1.165, 1.54) is 18.4 Å². The van der Waals surface area contributed by atoms with E-state index in [4.69, 9.17) is 0 Å². The van der Waals surface area contributed by atoms with E-state index >= 15 is 0 Å². The number of nitrogens with zero attached hydrogens (tertiary/aromatic N) is 2. The fourth-order valence-electron chi connectivity index (χ4n) is 2.37. The van der Waals surface area contributed by atoms with Crippen molar-refractivity contribution in [3.8, 4) is 0 Å². The van der Waals surface area contributed by atoms with Gasteiger partial charge in [0.2, 0.25) is 0 Å². The van der Waals surface area contributed by atoms with E-state index in [0.29, 0.717) is 6.04 Å². The van der Waals surface area contributed by atoms with E-state index in [9.17, 15) is 0 Å². The molecule has 18 heavy (non-hydrogen) atoms. The van der Waals surface area contributed by atoms with Gasteiger partial charge in [-0.05, 0) is 31.2 Å². The van der Waals surface area contributed by atoms with Crippen LogP contribution >= 0.6 is 0 Å². The first-order chi connectivity index (χ1) is 8.84. The molecule has 1 aliphatic rings. The third kappa shape index (κ3) is 2.43. The number of aromatic amines is 1. The van der Waals surface area contributed by atoms with Crippen LogP contribution in [0.25, 0.3) is 0 Å². The van der Waals surface area contributed by atoms with Crippen molar-refractivity contribution in [2.45, 2.75) is 31.8 Å². The van der Waals surface area contributed by atoms with Gasteiger partial charge in [-0.2, -0.15) is 5.10 Å². The molecular weight excluding hydrogens is 224 g/mol. The van der Waals surface area contributed by atoms with Gasteiger partial charge in [-0.15, -0.1) is 0 Å². The Kier molecular flexibility index (Phi) is 3.11. The quantitative estimate of drug-likeness (QED) is 0.847. The number of hydrogen-bond donors (Lipinski definition) is 2. The predicted molar refractivity (Wildman–Crippen MR) is 69.8 cm³/mol. The average molecular weight is 242 g/mol. The highest BCUT2D eigenvalue weighted by molar-refractivity contribution is 5.21. The molecule has 4 nitrogen and oxygen atoms in total. The average Bonchev–Trinajstić information content (AvgIpc) is 3.10. The van der Waals surface area contributed by atoms with E-state index in [1.807, 2.05) is 0 Å². The summed E-state index contributed by atoms with van der Waals surface area (Å²) in [6.07, 6.45) is 4.19. The molecule has 1 aromatic heterocycles. The molecule has 94 valence electrons. The second-order valence-electron chi connectivity index (χ2n) is 4.98. The van der Waals surface area contributed by atoms with E-state index in [0.717, 1.165) is 11.7 Å². The van der Waals surface area contributed by atoms with Crippen LogP contribution in [0.4, 0.5) is 0 Å². The van der Waals surface area contributed by atoms with Crippen LogP contribution in [0, 0.1) is 5.92 Å². The minimum absolute atomic E-state index is 0.193. The first-order valence-electron chi connectivity index (χ1n) is 6.51. The van der Waals surface area contributed by atoms with Gasteiger partial charge in [0.05, 0.1) is 6.04 Å². The standard InChI is InChI=1S/C14H18N4/c1-10(14-15-9-16-18-14)17-13(12-7-8-12)11-5-3-2-4-6-11/h2-6,9-10,12-13,17H,7-8H2,1H3,(H,15,16,18). The third-order valence-corrected chi connectivity index (χ3v) is 3.53. The molecule has 2 N–H and O–H groups in total. The van der Waals surface area contributed by atoms with Gasteiger partial charge in [-0.25, -0.2) is 4.98 Å². The Morgan fingerprint density at radius 1 is 1.28 bits per heavy atom. The topological polar surface area (TPSA) is 53.6 Å². The van der Waals surface area contributed by atoms with E-state index in [2.05, 4.69) is 57.8 Å². The van der Waals surface area contributed by atoms with Crippen molar-refractivity contribution in [2.24, 2.45) is 5.92 Å². The first-order valence-corrected chi connectivity index (χ1v) is 6.51. The minimum Gasteiger partial charge on any atom is -0.300 e. The lowest BCUT2D eigenvalue weighted by atomic mass is 10.0. The Hall–Kier alpha value is -1.68. The van der Waals surface area contributed by atoms with Gasteiger partial charge in [0.15, 0.2) is 0 Å². The maximum absolute atomic E-state index is 4.21. The SMILES string of the molecule is CC(NC(c1ccccc1)C1CC1)c1ncn[nH]1. The zero-order chi connectivity index (χ0) is 12.4. The van der Waals surface area contributed by atoms with Gasteiger partial charge < -0.3 is 5.32 Å². The van der Waals surface area contributed by atoms with Gasteiger partial charge in [0, 0.05) is 6.04 Å². The van der Waals surface area contributed by atoms with Crippen molar-refractivity contribution < 1.29 is 0 Å².